The third kappa shape index (κ3) is 5.30. The molecular formula is C25H25N3O3S2. The fourth-order valence-corrected chi connectivity index (χ4v) is 6.00. The first-order valence-electron chi connectivity index (χ1n) is 10.7. The molecule has 0 saturated carbocycles. The first-order chi connectivity index (χ1) is 15.9. The molecule has 4 aromatic rings. The van der Waals surface area contributed by atoms with Crippen molar-refractivity contribution in [2.24, 2.45) is 0 Å². The highest BCUT2D eigenvalue weighted by atomic mass is 32.2. The van der Waals surface area contributed by atoms with Crippen LogP contribution in [0.1, 0.15) is 23.1 Å². The van der Waals surface area contributed by atoms with Gasteiger partial charge in [0, 0.05) is 12.2 Å². The van der Waals surface area contributed by atoms with Crippen LogP contribution >= 0.6 is 11.3 Å². The van der Waals surface area contributed by atoms with Crippen molar-refractivity contribution in [1.29, 1.82) is 0 Å². The second kappa shape index (κ2) is 9.82. The molecule has 0 bridgehead atoms. The Kier molecular flexibility index (Phi) is 6.88. The maximum Gasteiger partial charge on any atom is 0.243 e. The van der Waals surface area contributed by atoms with Gasteiger partial charge in [-0.2, -0.15) is 4.31 Å². The maximum atomic E-state index is 13.6. The van der Waals surface area contributed by atoms with E-state index >= 15 is 0 Å². The van der Waals surface area contributed by atoms with Crippen LogP contribution in [-0.2, 0) is 27.8 Å². The second-order valence-corrected chi connectivity index (χ2v) is 10.9. The smallest absolute Gasteiger partial charge is 0.243 e. The minimum atomic E-state index is -3.93. The third-order valence-electron chi connectivity index (χ3n) is 5.30. The van der Waals surface area contributed by atoms with Gasteiger partial charge in [0.1, 0.15) is 0 Å². The fraction of sp³-hybridized carbons (Fsp3) is 0.200. The monoisotopic (exact) mass is 479 g/mol. The Balaban J connectivity index is 1.65. The fourth-order valence-electron chi connectivity index (χ4n) is 3.64. The van der Waals surface area contributed by atoms with E-state index in [1.165, 1.54) is 15.6 Å². The van der Waals surface area contributed by atoms with Gasteiger partial charge in [0.05, 0.1) is 26.7 Å². The molecular weight excluding hydrogens is 454 g/mol. The van der Waals surface area contributed by atoms with Crippen LogP contribution in [0.5, 0.6) is 0 Å². The van der Waals surface area contributed by atoms with Crippen LogP contribution < -0.4 is 5.32 Å². The lowest BCUT2D eigenvalue weighted by Crippen LogP contribution is -2.37. The molecule has 1 amide bonds. The Morgan fingerprint density at radius 1 is 1.03 bits per heavy atom. The van der Waals surface area contributed by atoms with E-state index in [2.05, 4.69) is 10.3 Å². The van der Waals surface area contributed by atoms with Crippen LogP contribution in [-0.4, -0.2) is 30.2 Å². The molecule has 0 aliphatic rings. The molecule has 170 valence electrons. The van der Waals surface area contributed by atoms with E-state index in [1.807, 2.05) is 68.4 Å². The van der Waals surface area contributed by atoms with Gasteiger partial charge >= 0.3 is 0 Å². The van der Waals surface area contributed by atoms with E-state index in [-0.39, 0.29) is 23.9 Å². The lowest BCUT2D eigenvalue weighted by molar-refractivity contribution is -0.116. The normalized spacial score (nSPS) is 11.7. The number of sulfonamides is 1. The standard InChI is InChI=1S/C25H25N3O3S2/c1-3-20-11-7-8-12-22(20)27-25(29)17-28(16-19-9-5-4-6-10-19)33(30,31)21-13-14-23-24(15-21)32-18(2)26-23/h4-15H,3,16-17H2,1-2H3,(H,27,29). The number of benzene rings is 3. The van der Waals surface area contributed by atoms with Gasteiger partial charge in [0.2, 0.25) is 15.9 Å². The zero-order chi connectivity index (χ0) is 23.4. The van der Waals surface area contributed by atoms with Crippen molar-refractivity contribution < 1.29 is 13.2 Å². The molecule has 0 aliphatic carbocycles. The molecule has 6 nitrogen and oxygen atoms in total. The van der Waals surface area contributed by atoms with Crippen LogP contribution in [0.2, 0.25) is 0 Å². The lowest BCUT2D eigenvalue weighted by Gasteiger charge is -2.22. The third-order valence-corrected chi connectivity index (χ3v) is 8.02. The highest BCUT2D eigenvalue weighted by Crippen LogP contribution is 2.27. The molecule has 0 atom stereocenters. The van der Waals surface area contributed by atoms with E-state index < -0.39 is 10.0 Å². The van der Waals surface area contributed by atoms with Crippen LogP contribution in [0, 0.1) is 6.92 Å². The topological polar surface area (TPSA) is 79.4 Å². The number of carbonyl (C=O) groups is 1. The second-order valence-electron chi connectivity index (χ2n) is 7.68. The molecule has 8 heteroatoms. The molecule has 0 spiro atoms. The van der Waals surface area contributed by atoms with Crippen molar-refractivity contribution in [2.75, 3.05) is 11.9 Å². The number of para-hydroxylation sites is 1. The zero-order valence-electron chi connectivity index (χ0n) is 18.5. The summed E-state index contributed by atoms with van der Waals surface area (Å²) in [7, 11) is -3.93. The molecule has 0 radical (unpaired) electrons. The molecule has 33 heavy (non-hydrogen) atoms. The summed E-state index contributed by atoms with van der Waals surface area (Å²) < 4.78 is 29.3. The van der Waals surface area contributed by atoms with Crippen LogP contribution in [0.25, 0.3) is 10.2 Å². The summed E-state index contributed by atoms with van der Waals surface area (Å²) in [6.07, 6.45) is 0.761. The Hall–Kier alpha value is -3.07. The Bertz CT molecular complexity index is 1380. The number of amides is 1. The molecule has 4 rings (SSSR count). The molecule has 3 aromatic carbocycles. The van der Waals surface area contributed by atoms with Gasteiger partial charge in [0.25, 0.3) is 0 Å². The molecule has 1 N–H and O–H groups in total. The van der Waals surface area contributed by atoms with Crippen molar-refractivity contribution in [1.82, 2.24) is 9.29 Å². The van der Waals surface area contributed by atoms with Gasteiger partial charge in [-0.15, -0.1) is 11.3 Å². The number of aryl methyl sites for hydroxylation is 2. The van der Waals surface area contributed by atoms with Crippen molar-refractivity contribution >= 4 is 43.2 Å². The van der Waals surface area contributed by atoms with Gasteiger partial charge in [-0.25, -0.2) is 13.4 Å². The highest BCUT2D eigenvalue weighted by molar-refractivity contribution is 7.89. The predicted octanol–water partition coefficient (Wildman–Crippen LogP) is 5.00. The van der Waals surface area contributed by atoms with Crippen LogP contribution in [0.15, 0.2) is 77.7 Å². The zero-order valence-corrected chi connectivity index (χ0v) is 20.1. The maximum absolute atomic E-state index is 13.6. The molecule has 1 heterocycles. The van der Waals surface area contributed by atoms with E-state index in [1.54, 1.807) is 18.2 Å². The van der Waals surface area contributed by atoms with Crippen molar-refractivity contribution in [3.05, 3.63) is 88.9 Å². The molecule has 0 saturated heterocycles. The highest BCUT2D eigenvalue weighted by Gasteiger charge is 2.27. The number of carbonyl (C=O) groups excluding carboxylic acids is 1. The average Bonchev–Trinajstić information content (AvgIpc) is 3.19. The van der Waals surface area contributed by atoms with Crippen molar-refractivity contribution in [3.8, 4) is 0 Å². The number of rotatable bonds is 8. The predicted molar refractivity (Wildman–Crippen MR) is 133 cm³/mol. The summed E-state index contributed by atoms with van der Waals surface area (Å²) in [5.41, 5.74) is 3.26. The molecule has 1 aromatic heterocycles. The Morgan fingerprint density at radius 3 is 2.52 bits per heavy atom. The SMILES string of the molecule is CCc1ccccc1NC(=O)CN(Cc1ccccc1)S(=O)(=O)c1ccc2nc(C)sc2c1. The van der Waals surface area contributed by atoms with Gasteiger partial charge < -0.3 is 5.32 Å². The molecule has 0 aliphatic heterocycles. The van der Waals surface area contributed by atoms with E-state index in [4.69, 9.17) is 0 Å². The minimum absolute atomic E-state index is 0.0891. The number of nitrogens with zero attached hydrogens (tertiary/aromatic N) is 2. The number of thiazole rings is 1. The summed E-state index contributed by atoms with van der Waals surface area (Å²) in [6, 6.07) is 21.7. The van der Waals surface area contributed by atoms with Gasteiger partial charge in [-0.1, -0.05) is 55.5 Å². The van der Waals surface area contributed by atoms with Gasteiger partial charge in [-0.05, 0) is 48.7 Å². The van der Waals surface area contributed by atoms with Crippen LogP contribution in [0.3, 0.4) is 0 Å². The van der Waals surface area contributed by atoms with Gasteiger partial charge in [0.15, 0.2) is 0 Å². The Labute approximate surface area is 198 Å². The number of anilines is 1. The summed E-state index contributed by atoms with van der Waals surface area (Å²) >= 11 is 1.44. The Morgan fingerprint density at radius 2 is 1.76 bits per heavy atom. The minimum Gasteiger partial charge on any atom is -0.325 e. The number of hydrogen-bond donors (Lipinski definition) is 1. The largest absolute Gasteiger partial charge is 0.325 e. The van der Waals surface area contributed by atoms with E-state index in [0.717, 1.165) is 32.8 Å². The van der Waals surface area contributed by atoms with Crippen molar-refractivity contribution in [3.63, 3.8) is 0 Å². The summed E-state index contributed by atoms with van der Waals surface area (Å²) in [6.45, 7) is 3.69. The van der Waals surface area contributed by atoms with E-state index in [9.17, 15) is 13.2 Å². The molecule has 0 unspecified atom stereocenters. The summed E-state index contributed by atoms with van der Waals surface area (Å²) in [5, 5.41) is 3.75. The van der Waals surface area contributed by atoms with Crippen LogP contribution in [0.4, 0.5) is 5.69 Å². The average molecular weight is 480 g/mol. The number of hydrogen-bond acceptors (Lipinski definition) is 5. The lowest BCUT2D eigenvalue weighted by atomic mass is 10.1. The van der Waals surface area contributed by atoms with Gasteiger partial charge in [-0.3, -0.25) is 4.79 Å². The van der Waals surface area contributed by atoms with Crippen molar-refractivity contribution in [2.45, 2.75) is 31.7 Å². The first-order valence-corrected chi connectivity index (χ1v) is 12.9. The molecule has 0 fully saturated rings. The number of aromatic nitrogens is 1. The van der Waals surface area contributed by atoms with E-state index in [0.29, 0.717) is 5.69 Å². The quantitative estimate of drug-likeness (QED) is 0.386. The summed E-state index contributed by atoms with van der Waals surface area (Å²) in [4.78, 5) is 17.5. The first kappa shape index (κ1) is 23.1. The number of nitrogens with one attached hydrogen (secondary N) is 1. The number of fused-ring (bicyclic) bond motifs is 1. The summed E-state index contributed by atoms with van der Waals surface area (Å²) in [5.74, 6) is -0.384.